The number of carboxylic acid groups (broad SMARTS) is 1. The van der Waals surface area contributed by atoms with Crippen LogP contribution in [0.5, 0.6) is 5.75 Å². The number of carboxylic acids is 1. The Balaban J connectivity index is 1.55. The molecule has 2 aromatic rings. The highest BCUT2D eigenvalue weighted by molar-refractivity contribution is 6.30. The van der Waals surface area contributed by atoms with E-state index in [0.29, 0.717) is 31.0 Å². The summed E-state index contributed by atoms with van der Waals surface area (Å²) in [7, 11) is 3.27. The van der Waals surface area contributed by atoms with Gasteiger partial charge in [0.05, 0.1) is 24.3 Å². The van der Waals surface area contributed by atoms with Gasteiger partial charge in [0.2, 0.25) is 5.91 Å². The zero-order valence-corrected chi connectivity index (χ0v) is 24.1. The zero-order valence-electron chi connectivity index (χ0n) is 23.3. The molecule has 2 aromatic carbocycles. The maximum atomic E-state index is 12.5. The Kier molecular flexibility index (Phi) is 8.16. The first-order chi connectivity index (χ1) is 19.1. The molecular formula is C32H39ClN2O5. The van der Waals surface area contributed by atoms with E-state index in [9.17, 15) is 19.8 Å². The molecule has 7 nitrogen and oxygen atoms in total. The Morgan fingerprint density at radius 3 is 2.73 bits per heavy atom. The number of aliphatic hydroxyl groups excluding tert-OH is 1. The molecule has 5 rings (SSSR count). The molecule has 5 atom stereocenters. The van der Waals surface area contributed by atoms with Crippen molar-refractivity contribution in [2.24, 2.45) is 11.8 Å². The van der Waals surface area contributed by atoms with Crippen LogP contribution in [0.15, 0.2) is 49.1 Å². The van der Waals surface area contributed by atoms with Gasteiger partial charge < -0.3 is 24.7 Å². The number of hydrogen-bond donors (Lipinski definition) is 2. The second kappa shape index (κ2) is 11.5. The number of rotatable bonds is 8. The number of hydrogen-bond acceptors (Lipinski definition) is 5. The molecule has 1 aliphatic heterocycles. The first-order valence-electron chi connectivity index (χ1n) is 14.2. The lowest BCUT2D eigenvalue weighted by Crippen LogP contribution is -2.49. The highest BCUT2D eigenvalue weighted by Gasteiger charge is 2.44. The summed E-state index contributed by atoms with van der Waals surface area (Å²) < 4.78 is 6.54. The van der Waals surface area contributed by atoms with Gasteiger partial charge in [0.15, 0.2) is 0 Å². The van der Waals surface area contributed by atoms with E-state index < -0.39 is 18.0 Å². The van der Waals surface area contributed by atoms with E-state index in [1.54, 1.807) is 26.2 Å². The topological polar surface area (TPSA) is 90.3 Å². The van der Waals surface area contributed by atoms with Crippen LogP contribution in [0.2, 0.25) is 5.02 Å². The number of halogens is 1. The van der Waals surface area contributed by atoms with E-state index in [2.05, 4.69) is 23.6 Å². The summed E-state index contributed by atoms with van der Waals surface area (Å²) in [5.41, 5.74) is 3.69. The number of amides is 1. The van der Waals surface area contributed by atoms with Crippen LogP contribution >= 0.6 is 11.6 Å². The lowest BCUT2D eigenvalue weighted by atomic mass is 9.68. The minimum absolute atomic E-state index is 0.115. The smallest absolute Gasteiger partial charge is 0.311 e. The van der Waals surface area contributed by atoms with Crippen LogP contribution in [0.1, 0.15) is 54.7 Å². The maximum absolute atomic E-state index is 12.5. The third kappa shape index (κ3) is 5.46. The molecule has 8 heteroatoms. The number of ether oxygens (including phenoxy) is 1. The molecule has 1 saturated carbocycles. The van der Waals surface area contributed by atoms with Crippen LogP contribution in [-0.4, -0.2) is 66.9 Å². The molecule has 0 aromatic heterocycles. The van der Waals surface area contributed by atoms with Gasteiger partial charge >= 0.3 is 5.97 Å². The molecule has 3 aliphatic rings. The Hall–Kier alpha value is -3.03. The number of aliphatic carboxylic acids is 1. The largest absolute Gasteiger partial charge is 0.490 e. The molecule has 1 heterocycles. The second-order valence-corrected chi connectivity index (χ2v) is 12.4. The van der Waals surface area contributed by atoms with Crippen molar-refractivity contribution in [3.63, 3.8) is 0 Å². The van der Waals surface area contributed by atoms with Gasteiger partial charge in [-0.1, -0.05) is 29.8 Å². The Bertz CT molecular complexity index is 1300. The summed E-state index contributed by atoms with van der Waals surface area (Å²) in [5, 5.41) is 21.4. The first-order valence-corrected chi connectivity index (χ1v) is 14.5. The van der Waals surface area contributed by atoms with E-state index in [1.165, 1.54) is 16.0 Å². The Labute approximate surface area is 241 Å². The standard InChI is InChI=1S/C32H39ClN2O5/c1-4-28(36)24-10-7-22(24)17-35-18-32(13-5-6-21-14-23(33)9-11-26(21)32)19-40-29-12-8-20(15-27(29)35)25(31(38)39)16-30(37)34(2)3/h4,8-9,11-12,14-15,22,24-25,28,36H,1,5-7,10,13,16-19H2,2-3H3,(H,38,39)/t22-,24+,25+,28-,32-/m0/s1. The first kappa shape index (κ1) is 28.5. The predicted octanol–water partition coefficient (Wildman–Crippen LogP) is 5.03. The van der Waals surface area contributed by atoms with E-state index in [1.807, 2.05) is 18.2 Å². The zero-order chi connectivity index (χ0) is 28.6. The number of aliphatic hydroxyl groups is 1. The number of carbonyl (C=O) groups excluding carboxylic acids is 1. The number of carbonyl (C=O) groups is 2. The quantitative estimate of drug-likeness (QED) is 0.436. The lowest BCUT2D eigenvalue weighted by molar-refractivity contribution is -0.142. The average molecular weight is 567 g/mol. The van der Waals surface area contributed by atoms with Crippen molar-refractivity contribution < 1.29 is 24.5 Å². The van der Waals surface area contributed by atoms with Gasteiger partial charge in [0.1, 0.15) is 5.75 Å². The molecule has 2 aliphatic carbocycles. The van der Waals surface area contributed by atoms with Gasteiger partial charge in [-0.3, -0.25) is 9.59 Å². The van der Waals surface area contributed by atoms with Crippen LogP contribution in [0, 0.1) is 11.8 Å². The number of aryl methyl sites for hydroxylation is 1. The molecule has 40 heavy (non-hydrogen) atoms. The number of anilines is 1. The normalized spacial score (nSPS) is 24.9. The number of nitrogens with zero attached hydrogens (tertiary/aromatic N) is 2. The fourth-order valence-electron chi connectivity index (χ4n) is 6.78. The van der Waals surface area contributed by atoms with Crippen molar-refractivity contribution in [2.75, 3.05) is 38.7 Å². The fourth-order valence-corrected chi connectivity index (χ4v) is 6.98. The summed E-state index contributed by atoms with van der Waals surface area (Å²) in [6.07, 6.45) is 5.90. The van der Waals surface area contributed by atoms with Crippen LogP contribution in [0.25, 0.3) is 0 Å². The fraction of sp³-hybridized carbons (Fsp3) is 0.500. The summed E-state index contributed by atoms with van der Waals surface area (Å²) in [6, 6.07) is 11.7. The van der Waals surface area contributed by atoms with E-state index in [-0.39, 0.29) is 29.6 Å². The molecule has 1 amide bonds. The molecule has 0 bridgehead atoms. The molecular weight excluding hydrogens is 528 g/mol. The van der Waals surface area contributed by atoms with Crippen molar-refractivity contribution in [1.82, 2.24) is 4.90 Å². The van der Waals surface area contributed by atoms with Gasteiger partial charge in [-0.2, -0.15) is 0 Å². The summed E-state index contributed by atoms with van der Waals surface area (Å²) in [4.78, 5) is 28.6. The second-order valence-electron chi connectivity index (χ2n) is 11.9. The van der Waals surface area contributed by atoms with Crippen molar-refractivity contribution in [3.05, 3.63) is 70.8 Å². The highest BCUT2D eigenvalue weighted by Crippen LogP contribution is 2.47. The molecule has 1 fully saturated rings. The third-order valence-corrected chi connectivity index (χ3v) is 9.49. The monoisotopic (exact) mass is 566 g/mol. The van der Waals surface area contributed by atoms with Crippen molar-refractivity contribution >= 4 is 29.2 Å². The van der Waals surface area contributed by atoms with Gasteiger partial charge in [-0.05, 0) is 84.9 Å². The minimum atomic E-state index is -1.03. The molecule has 1 spiro atoms. The van der Waals surface area contributed by atoms with Crippen LogP contribution in [-0.2, 0) is 21.4 Å². The molecule has 0 radical (unpaired) electrons. The molecule has 0 saturated heterocycles. The number of fused-ring (bicyclic) bond motifs is 3. The molecule has 0 unspecified atom stereocenters. The average Bonchev–Trinajstić information content (AvgIpc) is 3.06. The van der Waals surface area contributed by atoms with E-state index in [0.717, 1.165) is 42.8 Å². The minimum Gasteiger partial charge on any atom is -0.490 e. The predicted molar refractivity (Wildman–Crippen MR) is 156 cm³/mol. The summed E-state index contributed by atoms with van der Waals surface area (Å²) in [6.45, 7) is 5.73. The third-order valence-electron chi connectivity index (χ3n) is 9.25. The van der Waals surface area contributed by atoms with Crippen LogP contribution < -0.4 is 9.64 Å². The Morgan fingerprint density at radius 2 is 2.05 bits per heavy atom. The lowest BCUT2D eigenvalue weighted by Gasteiger charge is -2.45. The van der Waals surface area contributed by atoms with Crippen LogP contribution in [0.4, 0.5) is 5.69 Å². The number of benzene rings is 2. The van der Waals surface area contributed by atoms with Crippen molar-refractivity contribution in [2.45, 2.75) is 56.0 Å². The molecule has 214 valence electrons. The van der Waals surface area contributed by atoms with E-state index >= 15 is 0 Å². The molecule has 2 N–H and O–H groups in total. The SMILES string of the molecule is C=C[C@H](O)[C@@H]1CC[C@H]1CN1C[C@@]2(CCCc3cc(Cl)ccc32)COc2ccc([C@@H](CC(=O)N(C)C)C(=O)O)cc21. The van der Waals surface area contributed by atoms with Gasteiger partial charge in [0, 0.05) is 44.0 Å². The summed E-state index contributed by atoms with van der Waals surface area (Å²) >= 11 is 6.37. The van der Waals surface area contributed by atoms with Gasteiger partial charge in [-0.15, -0.1) is 6.58 Å². The van der Waals surface area contributed by atoms with E-state index in [4.69, 9.17) is 16.3 Å². The van der Waals surface area contributed by atoms with Crippen molar-refractivity contribution in [3.8, 4) is 5.75 Å². The highest BCUT2D eigenvalue weighted by atomic mass is 35.5. The van der Waals surface area contributed by atoms with Gasteiger partial charge in [-0.25, -0.2) is 0 Å². The maximum Gasteiger partial charge on any atom is 0.311 e. The van der Waals surface area contributed by atoms with Crippen LogP contribution in [0.3, 0.4) is 0 Å². The Morgan fingerprint density at radius 1 is 1.25 bits per heavy atom. The summed E-state index contributed by atoms with van der Waals surface area (Å²) in [5.74, 6) is -1.09. The van der Waals surface area contributed by atoms with Crippen molar-refractivity contribution in [1.29, 1.82) is 0 Å². The van der Waals surface area contributed by atoms with Gasteiger partial charge in [0.25, 0.3) is 0 Å².